The second-order valence-corrected chi connectivity index (χ2v) is 6.77. The highest BCUT2D eigenvalue weighted by Crippen LogP contribution is 2.18. The van der Waals surface area contributed by atoms with Crippen LogP contribution in [-0.4, -0.2) is 8.42 Å². The van der Waals surface area contributed by atoms with Gasteiger partial charge in [0.1, 0.15) is 11.9 Å². The molecule has 21 heavy (non-hydrogen) atoms. The molecule has 0 aliphatic rings. The van der Waals surface area contributed by atoms with Crippen LogP contribution in [0, 0.1) is 17.1 Å². The normalized spacial score (nSPS) is 11.1. The Balaban J connectivity index is 2.22. The lowest BCUT2D eigenvalue weighted by Gasteiger charge is -2.08. The quantitative estimate of drug-likeness (QED) is 0.901. The molecule has 0 unspecified atom stereocenters. The lowest BCUT2D eigenvalue weighted by molar-refractivity contribution is 0.581. The number of nitriles is 1. The average molecular weight is 369 g/mol. The highest BCUT2D eigenvalue weighted by atomic mass is 79.9. The Hall–Kier alpha value is -1.75. The maximum atomic E-state index is 13.1. The fourth-order valence-corrected chi connectivity index (χ4v) is 3.30. The van der Waals surface area contributed by atoms with Gasteiger partial charge < -0.3 is 0 Å². The molecular formula is C14H10BrFN2O2S. The van der Waals surface area contributed by atoms with E-state index < -0.39 is 15.8 Å². The summed E-state index contributed by atoms with van der Waals surface area (Å²) in [7, 11) is -3.81. The van der Waals surface area contributed by atoms with Gasteiger partial charge in [0.05, 0.1) is 14.9 Å². The largest absolute Gasteiger partial charge is 0.242 e. The summed E-state index contributed by atoms with van der Waals surface area (Å²) in [5.74, 6) is -0.420. The summed E-state index contributed by atoms with van der Waals surface area (Å²) in [4.78, 5) is -0.0753. The number of hydrogen-bond donors (Lipinski definition) is 1. The van der Waals surface area contributed by atoms with Crippen molar-refractivity contribution in [1.29, 1.82) is 5.26 Å². The number of nitrogens with zero attached hydrogens (tertiary/aromatic N) is 1. The van der Waals surface area contributed by atoms with E-state index in [1.54, 1.807) is 12.1 Å². The molecule has 2 aromatic rings. The van der Waals surface area contributed by atoms with Crippen LogP contribution < -0.4 is 4.72 Å². The summed E-state index contributed by atoms with van der Waals surface area (Å²) in [5, 5.41) is 8.94. The second kappa shape index (κ2) is 6.35. The lowest BCUT2D eigenvalue weighted by atomic mass is 10.2. The first-order valence-electron chi connectivity index (χ1n) is 5.87. The monoisotopic (exact) mass is 368 g/mol. The topological polar surface area (TPSA) is 70.0 Å². The number of hydrogen-bond acceptors (Lipinski definition) is 3. The first kappa shape index (κ1) is 15.6. The zero-order valence-electron chi connectivity index (χ0n) is 10.7. The van der Waals surface area contributed by atoms with Crippen molar-refractivity contribution in [3.05, 3.63) is 63.9 Å². The van der Waals surface area contributed by atoms with Gasteiger partial charge in [0.25, 0.3) is 0 Å². The molecule has 0 atom stereocenters. The summed E-state index contributed by atoms with van der Waals surface area (Å²) in [6.45, 7) is 0.000968. The van der Waals surface area contributed by atoms with Gasteiger partial charge in [-0.3, -0.25) is 0 Å². The van der Waals surface area contributed by atoms with Crippen LogP contribution >= 0.6 is 15.9 Å². The van der Waals surface area contributed by atoms with E-state index in [4.69, 9.17) is 5.26 Å². The van der Waals surface area contributed by atoms with Gasteiger partial charge in [0.15, 0.2) is 0 Å². The number of sulfonamides is 1. The first-order valence-corrected chi connectivity index (χ1v) is 8.14. The van der Waals surface area contributed by atoms with Crippen LogP contribution in [0.25, 0.3) is 0 Å². The maximum absolute atomic E-state index is 13.1. The Kier molecular flexibility index (Phi) is 4.73. The van der Waals surface area contributed by atoms with Crippen molar-refractivity contribution in [1.82, 2.24) is 4.72 Å². The Labute approximate surface area is 130 Å². The van der Waals surface area contributed by atoms with Gasteiger partial charge in [-0.1, -0.05) is 18.2 Å². The van der Waals surface area contributed by atoms with Crippen molar-refractivity contribution in [2.24, 2.45) is 0 Å². The van der Waals surface area contributed by atoms with Gasteiger partial charge >= 0.3 is 0 Å². The van der Waals surface area contributed by atoms with E-state index in [1.165, 1.54) is 30.3 Å². The van der Waals surface area contributed by atoms with Gasteiger partial charge in [-0.25, -0.2) is 17.5 Å². The van der Waals surface area contributed by atoms with Crippen molar-refractivity contribution in [3.63, 3.8) is 0 Å². The minimum absolute atomic E-state index is 0.000968. The van der Waals surface area contributed by atoms with Crippen LogP contribution in [0.5, 0.6) is 0 Å². The molecule has 0 spiro atoms. The molecule has 0 radical (unpaired) electrons. The van der Waals surface area contributed by atoms with E-state index in [1.807, 2.05) is 6.07 Å². The highest BCUT2D eigenvalue weighted by Gasteiger charge is 2.17. The molecule has 4 nitrogen and oxygen atoms in total. The van der Waals surface area contributed by atoms with Crippen LogP contribution in [0.3, 0.4) is 0 Å². The minimum Gasteiger partial charge on any atom is -0.207 e. The molecule has 0 bridgehead atoms. The predicted molar refractivity (Wildman–Crippen MR) is 79.3 cm³/mol. The Morgan fingerprint density at radius 3 is 2.62 bits per heavy atom. The van der Waals surface area contributed by atoms with Crippen LogP contribution in [0.4, 0.5) is 4.39 Å². The Morgan fingerprint density at radius 1 is 1.24 bits per heavy atom. The molecule has 0 aliphatic carbocycles. The van der Waals surface area contributed by atoms with Crippen LogP contribution in [0.2, 0.25) is 0 Å². The maximum Gasteiger partial charge on any atom is 0.242 e. The van der Waals surface area contributed by atoms with E-state index in [0.717, 1.165) is 0 Å². The van der Waals surface area contributed by atoms with E-state index in [2.05, 4.69) is 20.7 Å². The van der Waals surface area contributed by atoms with Gasteiger partial charge in [-0.05, 0) is 45.8 Å². The SMILES string of the molecule is N#Cc1ccccc1S(=O)(=O)NCc1ccc(F)c(Br)c1. The molecule has 0 saturated carbocycles. The third kappa shape index (κ3) is 3.67. The van der Waals surface area contributed by atoms with Gasteiger partial charge in [0.2, 0.25) is 10.0 Å². The molecule has 2 aromatic carbocycles. The van der Waals surface area contributed by atoms with Crippen molar-refractivity contribution in [3.8, 4) is 6.07 Å². The minimum atomic E-state index is -3.81. The highest BCUT2D eigenvalue weighted by molar-refractivity contribution is 9.10. The molecule has 108 valence electrons. The second-order valence-electron chi connectivity index (χ2n) is 4.18. The Morgan fingerprint density at radius 2 is 1.95 bits per heavy atom. The molecule has 0 fully saturated rings. The third-order valence-corrected chi connectivity index (χ3v) is 4.81. The van der Waals surface area contributed by atoms with Gasteiger partial charge in [-0.2, -0.15) is 5.26 Å². The molecular weight excluding hydrogens is 359 g/mol. The first-order chi connectivity index (χ1) is 9.94. The standard InChI is InChI=1S/C14H10BrFN2O2S/c15-12-7-10(5-6-13(12)16)9-18-21(19,20)14-4-2-1-3-11(14)8-17/h1-7,18H,9H2. The number of nitrogens with one attached hydrogen (secondary N) is 1. The summed E-state index contributed by atoms with van der Waals surface area (Å²) in [6.07, 6.45) is 0. The third-order valence-electron chi connectivity index (χ3n) is 2.75. The van der Waals surface area contributed by atoms with E-state index in [9.17, 15) is 12.8 Å². The smallest absolute Gasteiger partial charge is 0.207 e. The van der Waals surface area contributed by atoms with E-state index in [0.29, 0.717) is 5.56 Å². The molecule has 0 heterocycles. The van der Waals surface area contributed by atoms with Crippen molar-refractivity contribution >= 4 is 26.0 Å². The van der Waals surface area contributed by atoms with Gasteiger partial charge in [-0.15, -0.1) is 0 Å². The predicted octanol–water partition coefficient (Wildman–Crippen LogP) is 2.94. The van der Waals surface area contributed by atoms with Crippen LogP contribution in [-0.2, 0) is 16.6 Å². The lowest BCUT2D eigenvalue weighted by Crippen LogP contribution is -2.24. The molecule has 0 aliphatic heterocycles. The molecule has 2 rings (SSSR count). The Bertz CT molecular complexity index is 816. The van der Waals surface area contributed by atoms with Crippen LogP contribution in [0.15, 0.2) is 51.8 Å². The number of benzene rings is 2. The van der Waals surface area contributed by atoms with Crippen LogP contribution in [0.1, 0.15) is 11.1 Å². The summed E-state index contributed by atoms with van der Waals surface area (Å²) in [6, 6.07) is 12.0. The zero-order valence-corrected chi connectivity index (χ0v) is 13.1. The summed E-state index contributed by atoms with van der Waals surface area (Å²) >= 11 is 3.04. The van der Waals surface area contributed by atoms with E-state index in [-0.39, 0.29) is 21.5 Å². The average Bonchev–Trinajstić information content (AvgIpc) is 2.48. The molecule has 0 aromatic heterocycles. The van der Waals surface area contributed by atoms with Gasteiger partial charge in [0, 0.05) is 6.54 Å². The van der Waals surface area contributed by atoms with Crippen molar-refractivity contribution < 1.29 is 12.8 Å². The summed E-state index contributed by atoms with van der Waals surface area (Å²) < 4.78 is 40.1. The molecule has 7 heteroatoms. The molecule has 0 saturated heterocycles. The number of rotatable bonds is 4. The zero-order chi connectivity index (χ0) is 15.5. The van der Waals surface area contributed by atoms with Crippen molar-refractivity contribution in [2.45, 2.75) is 11.4 Å². The number of halogens is 2. The summed E-state index contributed by atoms with van der Waals surface area (Å²) in [5.41, 5.74) is 0.673. The fraction of sp³-hybridized carbons (Fsp3) is 0.0714. The van der Waals surface area contributed by atoms with Crippen molar-refractivity contribution in [2.75, 3.05) is 0 Å². The fourth-order valence-electron chi connectivity index (χ4n) is 1.70. The molecule has 0 amide bonds. The molecule has 1 N–H and O–H groups in total. The van der Waals surface area contributed by atoms with E-state index >= 15 is 0 Å².